The van der Waals surface area contributed by atoms with Crippen LogP contribution in [0.25, 0.3) is 0 Å². The van der Waals surface area contributed by atoms with E-state index in [9.17, 15) is 27.4 Å². The van der Waals surface area contributed by atoms with Gasteiger partial charge in [0.05, 0.1) is 22.4 Å². The average molecular weight is 457 g/mol. The van der Waals surface area contributed by atoms with Crippen LogP contribution in [0.1, 0.15) is 65.2 Å². The zero-order valence-corrected chi connectivity index (χ0v) is 21.1. The molecule has 1 unspecified atom stereocenters. The fraction of sp³-hybridized carbons (Fsp3) is 0.737. The van der Waals surface area contributed by atoms with E-state index < -0.39 is 39.7 Å². The first-order valence-electron chi connectivity index (χ1n) is 9.90. The first-order valence-corrected chi connectivity index (χ1v) is 11.5. The first-order chi connectivity index (χ1) is 13.6. The Bertz CT molecular complexity index is 653. The molecule has 0 bridgehead atoms. The Morgan fingerprint density at radius 2 is 1.63 bits per heavy atom. The van der Waals surface area contributed by atoms with E-state index in [1.54, 1.807) is 0 Å². The summed E-state index contributed by atoms with van der Waals surface area (Å²) in [5.41, 5.74) is 0.198. The molecule has 0 spiro atoms. The van der Waals surface area contributed by atoms with Gasteiger partial charge in [0.2, 0.25) is 11.8 Å². The number of carbonyl (C=O) groups is 3. The van der Waals surface area contributed by atoms with E-state index in [0.717, 1.165) is 32.1 Å². The quantitative estimate of drug-likeness (QED) is 0.0936. The topological polar surface area (TPSA) is 142 Å². The summed E-state index contributed by atoms with van der Waals surface area (Å²) in [5.74, 6) is -2.99. The van der Waals surface area contributed by atoms with Crippen molar-refractivity contribution in [3.8, 4) is 0 Å². The minimum Gasteiger partial charge on any atom is -0.748 e. The molecule has 0 aromatic heterocycles. The molecular formula is C19H33N2NaO7S. The fourth-order valence-electron chi connectivity index (χ4n) is 2.46. The third kappa shape index (κ3) is 17.9. The van der Waals surface area contributed by atoms with Gasteiger partial charge in [-0.05, 0) is 13.3 Å². The smallest absolute Gasteiger partial charge is 0.748 e. The van der Waals surface area contributed by atoms with Crippen LogP contribution in [-0.2, 0) is 29.2 Å². The van der Waals surface area contributed by atoms with Crippen molar-refractivity contribution in [2.24, 2.45) is 0 Å². The summed E-state index contributed by atoms with van der Waals surface area (Å²) in [6, 6.07) is -1.49. The number of amides is 2. The van der Waals surface area contributed by atoms with Crippen LogP contribution in [0.3, 0.4) is 0 Å². The van der Waals surface area contributed by atoms with Crippen LogP contribution in [0, 0.1) is 0 Å². The molecule has 9 nitrogen and oxygen atoms in total. The molecule has 0 aliphatic heterocycles. The normalized spacial score (nSPS) is 11.7. The van der Waals surface area contributed by atoms with Gasteiger partial charge < -0.3 is 19.9 Å². The summed E-state index contributed by atoms with van der Waals surface area (Å²) in [7, 11) is -4.73. The second kappa shape index (κ2) is 17.7. The zero-order chi connectivity index (χ0) is 22.3. The SMILES string of the molecule is C=C(C)C(=O)OCCNC(=O)C(CS(=O)(=O)[O-])NC(=O)CCCCCCCCC.[Na+]. The molecule has 0 heterocycles. The summed E-state index contributed by atoms with van der Waals surface area (Å²) in [4.78, 5) is 35.4. The van der Waals surface area contributed by atoms with Crippen LogP contribution in [0.4, 0.5) is 0 Å². The standard InChI is InChI=1S/C19H34N2O7S.Na/c1-4-5-6-7-8-9-10-11-17(22)21-16(14-29(25,26)27)18(23)20-12-13-28-19(24)15(2)3;/h16H,2,4-14H2,1,3H3,(H,20,23)(H,21,22)(H,25,26,27);/q;+1/p-1. The van der Waals surface area contributed by atoms with Crippen molar-refractivity contribution in [3.05, 3.63) is 12.2 Å². The van der Waals surface area contributed by atoms with Gasteiger partial charge >= 0.3 is 35.5 Å². The van der Waals surface area contributed by atoms with Crippen molar-refractivity contribution in [1.29, 1.82) is 0 Å². The van der Waals surface area contributed by atoms with Gasteiger partial charge in [-0.15, -0.1) is 0 Å². The maximum absolute atomic E-state index is 12.1. The molecule has 0 saturated heterocycles. The molecule has 168 valence electrons. The van der Waals surface area contributed by atoms with Gasteiger partial charge in [0, 0.05) is 12.0 Å². The van der Waals surface area contributed by atoms with Crippen LogP contribution in [0.2, 0.25) is 0 Å². The summed E-state index contributed by atoms with van der Waals surface area (Å²) >= 11 is 0. The maximum atomic E-state index is 12.1. The Kier molecular flexibility index (Phi) is 18.4. The van der Waals surface area contributed by atoms with E-state index in [1.807, 2.05) is 0 Å². The maximum Gasteiger partial charge on any atom is 1.00 e. The number of nitrogens with one attached hydrogen (secondary N) is 2. The molecule has 0 aromatic carbocycles. The third-order valence-corrected chi connectivity index (χ3v) is 4.75. The average Bonchev–Trinajstić information content (AvgIpc) is 2.62. The van der Waals surface area contributed by atoms with Gasteiger partial charge in [0.25, 0.3) is 0 Å². The molecule has 0 aromatic rings. The molecular weight excluding hydrogens is 423 g/mol. The predicted molar refractivity (Wildman–Crippen MR) is 108 cm³/mol. The Balaban J connectivity index is 0. The van der Waals surface area contributed by atoms with Crippen molar-refractivity contribution < 1.29 is 61.6 Å². The van der Waals surface area contributed by atoms with E-state index in [-0.39, 0.29) is 54.7 Å². The molecule has 0 saturated carbocycles. The van der Waals surface area contributed by atoms with Gasteiger partial charge in [0.1, 0.15) is 12.6 Å². The second-order valence-electron chi connectivity index (χ2n) is 6.92. The number of esters is 1. The molecule has 0 fully saturated rings. The third-order valence-electron chi connectivity index (χ3n) is 4.01. The summed E-state index contributed by atoms with van der Waals surface area (Å²) < 4.78 is 37.9. The predicted octanol–water partition coefficient (Wildman–Crippen LogP) is -1.60. The Morgan fingerprint density at radius 3 is 2.17 bits per heavy atom. The van der Waals surface area contributed by atoms with Gasteiger partial charge in [-0.3, -0.25) is 9.59 Å². The first kappa shape index (κ1) is 31.2. The summed E-state index contributed by atoms with van der Waals surface area (Å²) in [5, 5.41) is 4.64. The van der Waals surface area contributed by atoms with Gasteiger partial charge in [-0.2, -0.15) is 0 Å². The van der Waals surface area contributed by atoms with Crippen LogP contribution >= 0.6 is 0 Å². The summed E-state index contributed by atoms with van der Waals surface area (Å²) in [6.45, 7) is 6.76. The van der Waals surface area contributed by atoms with Crippen molar-refractivity contribution in [2.75, 3.05) is 18.9 Å². The van der Waals surface area contributed by atoms with Gasteiger partial charge in [0.15, 0.2) is 0 Å². The molecule has 0 aliphatic carbocycles. The van der Waals surface area contributed by atoms with E-state index in [0.29, 0.717) is 6.42 Å². The molecule has 0 rings (SSSR count). The van der Waals surface area contributed by atoms with E-state index in [1.165, 1.54) is 13.3 Å². The van der Waals surface area contributed by atoms with E-state index in [4.69, 9.17) is 4.74 Å². The molecule has 30 heavy (non-hydrogen) atoms. The minimum atomic E-state index is -4.73. The minimum absolute atomic E-state index is 0. The van der Waals surface area contributed by atoms with Crippen molar-refractivity contribution >= 4 is 27.9 Å². The second-order valence-corrected chi connectivity index (χ2v) is 8.37. The number of hydrogen-bond acceptors (Lipinski definition) is 7. The number of ether oxygens (including phenoxy) is 1. The molecule has 11 heteroatoms. The summed E-state index contributed by atoms with van der Waals surface area (Å²) in [6.07, 6.45) is 7.24. The van der Waals surface area contributed by atoms with Crippen LogP contribution in [0.5, 0.6) is 0 Å². The zero-order valence-electron chi connectivity index (χ0n) is 18.3. The fourth-order valence-corrected chi connectivity index (χ4v) is 3.10. The number of rotatable bonds is 16. The van der Waals surface area contributed by atoms with Gasteiger partial charge in [-0.1, -0.05) is 52.0 Å². The van der Waals surface area contributed by atoms with E-state index >= 15 is 0 Å². The van der Waals surface area contributed by atoms with Crippen LogP contribution < -0.4 is 40.2 Å². The molecule has 2 amide bonds. The monoisotopic (exact) mass is 456 g/mol. The molecule has 0 aliphatic rings. The number of carbonyl (C=O) groups excluding carboxylic acids is 3. The van der Waals surface area contributed by atoms with Crippen LogP contribution in [0.15, 0.2) is 12.2 Å². The number of hydrogen-bond donors (Lipinski definition) is 2. The molecule has 2 N–H and O–H groups in total. The molecule has 0 radical (unpaired) electrons. The Labute approximate surface area is 201 Å². The van der Waals surface area contributed by atoms with Crippen LogP contribution in [-0.4, -0.2) is 55.7 Å². The van der Waals surface area contributed by atoms with Gasteiger partial charge in [-0.25, -0.2) is 13.2 Å². The van der Waals surface area contributed by atoms with E-state index in [2.05, 4.69) is 24.1 Å². The largest absolute Gasteiger partial charge is 1.00 e. The molecule has 1 atom stereocenters. The van der Waals surface area contributed by atoms with Crippen molar-refractivity contribution in [1.82, 2.24) is 10.6 Å². The van der Waals surface area contributed by atoms with Crippen molar-refractivity contribution in [3.63, 3.8) is 0 Å². The number of unbranched alkanes of at least 4 members (excludes halogenated alkanes) is 6. The Hall–Kier alpha value is -0.940. The Morgan fingerprint density at radius 1 is 1.07 bits per heavy atom. The van der Waals surface area contributed by atoms with Crippen molar-refractivity contribution in [2.45, 2.75) is 71.3 Å².